The van der Waals surface area contributed by atoms with Gasteiger partial charge in [-0.25, -0.2) is 4.79 Å². The molecule has 2 unspecified atom stereocenters. The van der Waals surface area contributed by atoms with Crippen LogP contribution < -0.4 is 16.7 Å². The van der Waals surface area contributed by atoms with Crippen LogP contribution in [0.5, 0.6) is 0 Å². The third-order valence-electron chi connectivity index (χ3n) is 4.22. The number of nitrogens with zero attached hydrogens (tertiary/aromatic N) is 1. The van der Waals surface area contributed by atoms with Crippen molar-refractivity contribution in [3.05, 3.63) is 63.4 Å². The second-order valence-electron chi connectivity index (χ2n) is 5.71. The predicted molar refractivity (Wildman–Crippen MR) is 83.9 cm³/mol. The number of aliphatic hydroxyl groups excluding tert-OH is 1. The number of hydrogen-bond donors (Lipinski definition) is 2. The number of nitrogens with one attached hydrogen (secondary N) is 1. The van der Waals surface area contributed by atoms with Crippen LogP contribution in [0.25, 0.3) is 0 Å². The van der Waals surface area contributed by atoms with E-state index in [4.69, 9.17) is 14.0 Å². The number of ether oxygens (including phenoxy) is 1. The lowest BCUT2D eigenvalue weighted by atomic mass is 9.79. The molecule has 9 heteroatoms. The van der Waals surface area contributed by atoms with Gasteiger partial charge in [0.2, 0.25) is 0 Å². The first-order valence-electron chi connectivity index (χ1n) is 7.61. The van der Waals surface area contributed by atoms with Crippen molar-refractivity contribution < 1.29 is 19.2 Å². The highest BCUT2D eigenvalue weighted by molar-refractivity contribution is 6.61. The summed E-state index contributed by atoms with van der Waals surface area (Å²) in [6.45, 7) is -0.263. The Hall–Kier alpha value is -2.20. The number of fused-ring (bicyclic) bond motifs is 1. The van der Waals surface area contributed by atoms with Gasteiger partial charge in [-0.1, -0.05) is 30.3 Å². The molecule has 4 rings (SSSR count). The molecule has 4 atom stereocenters. The zero-order chi connectivity index (χ0) is 16.7. The first-order chi connectivity index (χ1) is 11.7. The molecule has 0 spiro atoms. The number of rotatable bonds is 3. The maximum atomic E-state index is 12.0. The maximum absolute atomic E-state index is 12.0. The molecular weight excluding hydrogens is 315 g/mol. The van der Waals surface area contributed by atoms with E-state index >= 15 is 0 Å². The third kappa shape index (κ3) is 2.51. The topological polar surface area (TPSA) is 103 Å². The summed E-state index contributed by atoms with van der Waals surface area (Å²) >= 11 is 0. The lowest BCUT2D eigenvalue weighted by molar-refractivity contribution is -0.0606. The van der Waals surface area contributed by atoms with E-state index in [0.717, 1.165) is 5.46 Å². The fourth-order valence-electron chi connectivity index (χ4n) is 3.10. The number of aliphatic hydroxyl groups is 1. The van der Waals surface area contributed by atoms with Crippen LogP contribution in [0.2, 0.25) is 0 Å². The van der Waals surface area contributed by atoms with Crippen LogP contribution in [0.3, 0.4) is 0 Å². The van der Waals surface area contributed by atoms with Crippen molar-refractivity contribution in [3.63, 3.8) is 0 Å². The summed E-state index contributed by atoms with van der Waals surface area (Å²) in [5.74, 6) is 0. The van der Waals surface area contributed by atoms with Gasteiger partial charge in [0.15, 0.2) is 6.23 Å². The van der Waals surface area contributed by atoms with Crippen LogP contribution in [0.1, 0.15) is 6.23 Å². The minimum absolute atomic E-state index is 0.263. The molecule has 24 heavy (non-hydrogen) atoms. The molecule has 8 nitrogen and oxygen atoms in total. The monoisotopic (exact) mass is 330 g/mol. The van der Waals surface area contributed by atoms with E-state index in [1.54, 1.807) is 0 Å². The molecule has 1 aromatic carbocycles. The Labute approximate surface area is 136 Å². The largest absolute Gasteiger partial charge is 0.494 e. The van der Waals surface area contributed by atoms with Crippen molar-refractivity contribution in [1.29, 1.82) is 0 Å². The molecule has 0 aliphatic carbocycles. The van der Waals surface area contributed by atoms with Crippen LogP contribution >= 0.6 is 0 Å². The number of aromatic amines is 1. The summed E-state index contributed by atoms with van der Waals surface area (Å²) < 4.78 is 18.8. The number of aromatic nitrogens is 2. The molecule has 2 saturated heterocycles. The fourth-order valence-corrected chi connectivity index (χ4v) is 3.10. The number of hydrogen-bond acceptors (Lipinski definition) is 6. The summed E-state index contributed by atoms with van der Waals surface area (Å²) in [6, 6.07) is 10.6. The lowest BCUT2D eigenvalue weighted by Crippen LogP contribution is -2.38. The van der Waals surface area contributed by atoms with Crippen molar-refractivity contribution in [2.24, 2.45) is 0 Å². The molecule has 1 aromatic heterocycles. The molecule has 2 fully saturated rings. The van der Waals surface area contributed by atoms with Crippen LogP contribution in [0.15, 0.2) is 52.2 Å². The van der Waals surface area contributed by atoms with Crippen molar-refractivity contribution in [2.75, 3.05) is 6.61 Å². The highest BCUT2D eigenvalue weighted by Gasteiger charge is 2.54. The van der Waals surface area contributed by atoms with E-state index in [9.17, 15) is 14.7 Å². The van der Waals surface area contributed by atoms with E-state index in [1.807, 2.05) is 30.3 Å². The molecule has 2 aliphatic heterocycles. The van der Waals surface area contributed by atoms with Gasteiger partial charge in [-0.2, -0.15) is 0 Å². The standard InChI is InChI=1S/C15H15BN2O6/c19-8-10-12-13(24-16(23-12)9-4-2-1-3-5-9)14(22-10)18-7-6-11(20)17-15(18)21/h1-7,10,12-14,19H,8H2,(H,17,20,21)/t10-,12?,13?,14-/m1/s1. The normalized spacial score (nSPS) is 29.0. The first kappa shape index (κ1) is 15.3. The molecule has 2 aliphatic rings. The van der Waals surface area contributed by atoms with Crippen LogP contribution in [-0.4, -0.2) is 46.7 Å². The summed E-state index contributed by atoms with van der Waals surface area (Å²) in [6.07, 6.45) is -1.14. The van der Waals surface area contributed by atoms with E-state index in [2.05, 4.69) is 4.98 Å². The summed E-state index contributed by atoms with van der Waals surface area (Å²) in [4.78, 5) is 25.5. The number of H-pyrrole nitrogens is 1. The second kappa shape index (κ2) is 6.02. The molecule has 2 N–H and O–H groups in total. The molecule has 2 aromatic rings. The molecule has 0 saturated carbocycles. The average Bonchev–Trinajstić information content (AvgIpc) is 3.15. The number of benzene rings is 1. The smallest absolute Gasteiger partial charge is 0.399 e. The minimum Gasteiger partial charge on any atom is -0.399 e. The third-order valence-corrected chi connectivity index (χ3v) is 4.22. The Kier molecular flexibility index (Phi) is 3.85. The molecule has 124 valence electrons. The first-order valence-corrected chi connectivity index (χ1v) is 7.61. The molecule has 0 radical (unpaired) electrons. The zero-order valence-electron chi connectivity index (χ0n) is 12.6. The zero-order valence-corrected chi connectivity index (χ0v) is 12.6. The quantitative estimate of drug-likeness (QED) is 0.672. The van der Waals surface area contributed by atoms with Gasteiger partial charge in [-0.15, -0.1) is 0 Å². The highest BCUT2D eigenvalue weighted by atomic mass is 16.7. The molecular formula is C15H15BN2O6. The van der Waals surface area contributed by atoms with Gasteiger partial charge >= 0.3 is 12.8 Å². The van der Waals surface area contributed by atoms with Crippen molar-refractivity contribution in [3.8, 4) is 0 Å². The van der Waals surface area contributed by atoms with Gasteiger partial charge in [-0.05, 0) is 5.46 Å². The summed E-state index contributed by atoms with van der Waals surface area (Å²) in [5, 5.41) is 9.54. The van der Waals surface area contributed by atoms with Crippen molar-refractivity contribution in [2.45, 2.75) is 24.5 Å². The van der Waals surface area contributed by atoms with E-state index < -0.39 is 42.9 Å². The second-order valence-corrected chi connectivity index (χ2v) is 5.71. The Balaban J connectivity index is 1.66. The fraction of sp³-hybridized carbons (Fsp3) is 0.333. The van der Waals surface area contributed by atoms with E-state index in [0.29, 0.717) is 0 Å². The molecule has 3 heterocycles. The van der Waals surface area contributed by atoms with Gasteiger partial charge < -0.3 is 19.2 Å². The van der Waals surface area contributed by atoms with Crippen LogP contribution in [-0.2, 0) is 14.0 Å². The Bertz CT molecular complexity index is 838. The lowest BCUT2D eigenvalue weighted by Gasteiger charge is -2.19. The van der Waals surface area contributed by atoms with E-state index in [1.165, 1.54) is 16.8 Å². The Morgan fingerprint density at radius 1 is 1.12 bits per heavy atom. The van der Waals surface area contributed by atoms with Gasteiger partial charge in [0.25, 0.3) is 5.56 Å². The maximum Gasteiger partial charge on any atom is 0.494 e. The Morgan fingerprint density at radius 3 is 2.58 bits per heavy atom. The summed E-state index contributed by atoms with van der Waals surface area (Å²) in [5.41, 5.74) is -0.247. The van der Waals surface area contributed by atoms with Gasteiger partial charge in [0.05, 0.1) is 6.61 Å². The molecule has 0 amide bonds. The van der Waals surface area contributed by atoms with E-state index in [-0.39, 0.29) is 6.61 Å². The van der Waals surface area contributed by atoms with Gasteiger partial charge in [0, 0.05) is 12.3 Å². The predicted octanol–water partition coefficient (Wildman–Crippen LogP) is -1.39. The van der Waals surface area contributed by atoms with Crippen molar-refractivity contribution >= 4 is 12.6 Å². The average molecular weight is 330 g/mol. The summed E-state index contributed by atoms with van der Waals surface area (Å²) in [7, 11) is -0.597. The van der Waals surface area contributed by atoms with Crippen LogP contribution in [0, 0.1) is 0 Å². The minimum atomic E-state index is -0.787. The SMILES string of the molecule is O=c1ccn([C@@H]2O[C@H](CO)C3OB(c4ccccc4)OC32)c(=O)[nH]1. The Morgan fingerprint density at radius 2 is 1.88 bits per heavy atom. The van der Waals surface area contributed by atoms with Gasteiger partial charge in [-0.3, -0.25) is 14.3 Å². The van der Waals surface area contributed by atoms with Crippen molar-refractivity contribution in [1.82, 2.24) is 9.55 Å². The van der Waals surface area contributed by atoms with Crippen LogP contribution in [0.4, 0.5) is 0 Å². The highest BCUT2D eigenvalue weighted by Crippen LogP contribution is 2.37. The van der Waals surface area contributed by atoms with Gasteiger partial charge in [0.1, 0.15) is 18.3 Å². The molecule has 0 bridgehead atoms.